The van der Waals surface area contributed by atoms with Crippen molar-refractivity contribution in [1.82, 2.24) is 29.5 Å². The molecule has 2 aliphatic rings. The van der Waals surface area contributed by atoms with Crippen molar-refractivity contribution in [1.29, 1.82) is 0 Å². The van der Waals surface area contributed by atoms with Gasteiger partial charge in [0.1, 0.15) is 10.5 Å². The number of fused-ring (bicyclic) bond motifs is 2. The lowest BCUT2D eigenvalue weighted by molar-refractivity contribution is -0.160. The highest BCUT2D eigenvalue weighted by Crippen LogP contribution is 2.44. The zero-order chi connectivity index (χ0) is 35.5. The molecule has 0 unspecified atom stereocenters. The van der Waals surface area contributed by atoms with Crippen LogP contribution in [0.15, 0.2) is 42.5 Å². The standard InChI is InChI=1S/C38H43ClN6O4S/c1-21-19-28-35(31(23-7-9-25(39)10-8-23)30(21)34(37(47)48)49-38(3,4)5)50-36(41-28)27-11-12-29-33(40-27)32(42-43(29)6)24-13-16-44(17-14-24)26-15-18-45(20-26)22(2)46/h7-12,19,24,26,34H,13-18,20H2,1-6H3,(H,47,48)/t26-,34+/m1/s1. The van der Waals surface area contributed by atoms with Crippen LogP contribution in [0.4, 0.5) is 0 Å². The predicted molar refractivity (Wildman–Crippen MR) is 198 cm³/mol. The molecule has 2 atom stereocenters. The quantitative estimate of drug-likeness (QED) is 0.183. The number of aryl methyl sites for hydroxylation is 2. The van der Waals surface area contributed by atoms with Crippen LogP contribution < -0.4 is 0 Å². The highest BCUT2D eigenvalue weighted by atomic mass is 35.5. The first-order valence-corrected chi connectivity index (χ1v) is 18.4. The molecule has 5 aromatic rings. The summed E-state index contributed by atoms with van der Waals surface area (Å²) in [5, 5.41) is 16.8. The summed E-state index contributed by atoms with van der Waals surface area (Å²) in [6.45, 7) is 12.8. The lowest BCUT2D eigenvalue weighted by Gasteiger charge is -2.35. The van der Waals surface area contributed by atoms with Crippen molar-refractivity contribution >= 4 is 56.1 Å². The number of hydrogen-bond acceptors (Lipinski definition) is 8. The molecule has 0 bridgehead atoms. The van der Waals surface area contributed by atoms with Gasteiger partial charge in [-0.25, -0.2) is 14.8 Å². The average molecular weight is 715 g/mol. The van der Waals surface area contributed by atoms with E-state index in [9.17, 15) is 14.7 Å². The maximum absolute atomic E-state index is 12.7. The number of ether oxygens (including phenoxy) is 1. The molecule has 5 heterocycles. The number of aromatic nitrogens is 4. The summed E-state index contributed by atoms with van der Waals surface area (Å²) in [6, 6.07) is 13.9. The van der Waals surface area contributed by atoms with Gasteiger partial charge in [-0.2, -0.15) is 5.10 Å². The summed E-state index contributed by atoms with van der Waals surface area (Å²) in [7, 11) is 1.97. The molecule has 12 heteroatoms. The third-order valence-electron chi connectivity index (χ3n) is 10.0. The van der Waals surface area contributed by atoms with Crippen molar-refractivity contribution in [2.75, 3.05) is 26.2 Å². The van der Waals surface area contributed by atoms with Gasteiger partial charge in [0.25, 0.3) is 0 Å². The lowest BCUT2D eigenvalue weighted by atomic mass is 9.91. The van der Waals surface area contributed by atoms with Gasteiger partial charge in [0, 0.05) is 55.2 Å². The normalized spacial score (nSPS) is 18.4. The minimum atomic E-state index is -1.18. The van der Waals surface area contributed by atoms with Crippen LogP contribution in [0.1, 0.15) is 75.8 Å². The van der Waals surface area contributed by atoms with Crippen LogP contribution in [0.25, 0.3) is 43.1 Å². The van der Waals surface area contributed by atoms with Crippen LogP contribution in [0.2, 0.25) is 5.02 Å². The molecule has 262 valence electrons. The smallest absolute Gasteiger partial charge is 0.337 e. The Morgan fingerprint density at radius 3 is 2.40 bits per heavy atom. The van der Waals surface area contributed by atoms with Crippen molar-refractivity contribution in [2.24, 2.45) is 7.05 Å². The number of pyridine rings is 1. The van der Waals surface area contributed by atoms with Gasteiger partial charge < -0.3 is 14.7 Å². The summed E-state index contributed by atoms with van der Waals surface area (Å²) >= 11 is 7.79. The number of likely N-dealkylation sites (tertiary alicyclic amines) is 2. The summed E-state index contributed by atoms with van der Waals surface area (Å²) in [4.78, 5) is 39.4. The number of amides is 1. The molecule has 7 rings (SSSR count). The van der Waals surface area contributed by atoms with Crippen molar-refractivity contribution in [2.45, 2.75) is 77.5 Å². The minimum absolute atomic E-state index is 0.160. The highest BCUT2D eigenvalue weighted by Gasteiger charge is 2.34. The lowest BCUT2D eigenvalue weighted by Crippen LogP contribution is -2.43. The second-order valence-corrected chi connectivity index (χ2v) is 16.0. The van der Waals surface area contributed by atoms with E-state index in [-0.39, 0.29) is 11.8 Å². The molecule has 2 fully saturated rings. The molecular weight excluding hydrogens is 672 g/mol. The van der Waals surface area contributed by atoms with E-state index in [1.165, 1.54) is 11.3 Å². The van der Waals surface area contributed by atoms with Crippen LogP contribution in [0.5, 0.6) is 0 Å². The second-order valence-electron chi connectivity index (χ2n) is 14.6. The van der Waals surface area contributed by atoms with Crippen LogP contribution in [-0.4, -0.2) is 84.4 Å². The SMILES string of the molecule is CC(=O)N1CC[C@@H](N2CCC(c3nn(C)c4ccc(-c5nc6cc(C)c([C@H](OC(C)(C)C)C(=O)O)c(-c7ccc(Cl)cc7)c6s5)nc34)CC2)C1. The number of nitrogens with zero attached hydrogens (tertiary/aromatic N) is 6. The average Bonchev–Trinajstić information content (AvgIpc) is 3.81. The van der Waals surface area contributed by atoms with Gasteiger partial charge in [-0.3, -0.25) is 14.4 Å². The Kier molecular flexibility index (Phi) is 9.21. The van der Waals surface area contributed by atoms with Crippen molar-refractivity contribution in [3.63, 3.8) is 0 Å². The molecule has 2 aromatic carbocycles. The third kappa shape index (κ3) is 6.64. The van der Waals surface area contributed by atoms with E-state index in [1.807, 2.05) is 80.7 Å². The van der Waals surface area contributed by atoms with Crippen LogP contribution >= 0.6 is 22.9 Å². The van der Waals surface area contributed by atoms with Crippen molar-refractivity contribution in [3.8, 4) is 21.8 Å². The van der Waals surface area contributed by atoms with Crippen LogP contribution in [0, 0.1) is 6.92 Å². The van der Waals surface area contributed by atoms with E-state index in [2.05, 4.69) is 11.0 Å². The number of rotatable bonds is 7. The van der Waals surface area contributed by atoms with Gasteiger partial charge in [-0.1, -0.05) is 23.7 Å². The topological polar surface area (TPSA) is 114 Å². The van der Waals surface area contributed by atoms with E-state index in [0.29, 0.717) is 16.6 Å². The van der Waals surface area contributed by atoms with E-state index >= 15 is 0 Å². The third-order valence-corrected chi connectivity index (χ3v) is 11.4. The molecule has 3 aromatic heterocycles. The largest absolute Gasteiger partial charge is 0.479 e. The Morgan fingerprint density at radius 1 is 1.04 bits per heavy atom. The van der Waals surface area contributed by atoms with Crippen LogP contribution in [0.3, 0.4) is 0 Å². The number of thiazole rings is 1. The molecule has 0 saturated carbocycles. The zero-order valence-corrected chi connectivity index (χ0v) is 30.9. The molecule has 0 radical (unpaired) electrons. The van der Waals surface area contributed by atoms with Gasteiger partial charge in [0.15, 0.2) is 6.10 Å². The predicted octanol–water partition coefficient (Wildman–Crippen LogP) is 7.61. The van der Waals surface area contributed by atoms with Crippen molar-refractivity contribution < 1.29 is 19.4 Å². The Labute approximate surface area is 301 Å². The monoisotopic (exact) mass is 714 g/mol. The number of halogens is 1. The number of carbonyl (C=O) groups excluding carboxylic acids is 1. The summed E-state index contributed by atoms with van der Waals surface area (Å²) in [6.07, 6.45) is 1.83. The second kappa shape index (κ2) is 13.3. The van der Waals surface area contributed by atoms with E-state index in [0.717, 1.165) is 99.8 Å². The molecular formula is C38H43ClN6O4S. The number of benzene rings is 2. The van der Waals surface area contributed by atoms with Gasteiger partial charge in [-0.15, -0.1) is 11.3 Å². The summed E-state index contributed by atoms with van der Waals surface area (Å²) in [5.74, 6) is -0.602. The molecule has 2 aliphatic heterocycles. The number of carboxylic acid groups (broad SMARTS) is 1. The maximum Gasteiger partial charge on any atom is 0.337 e. The van der Waals surface area contributed by atoms with E-state index in [1.54, 1.807) is 6.92 Å². The Hall–Kier alpha value is -3.90. The first-order chi connectivity index (χ1) is 23.8. The van der Waals surface area contributed by atoms with E-state index < -0.39 is 17.7 Å². The maximum atomic E-state index is 12.7. The Morgan fingerprint density at radius 2 is 1.76 bits per heavy atom. The number of carbonyl (C=O) groups is 2. The first-order valence-electron chi connectivity index (χ1n) is 17.2. The molecule has 0 spiro atoms. The van der Waals surface area contributed by atoms with E-state index in [4.69, 9.17) is 31.4 Å². The summed E-state index contributed by atoms with van der Waals surface area (Å²) in [5.41, 5.74) is 6.73. The first kappa shape index (κ1) is 34.5. The highest BCUT2D eigenvalue weighted by molar-refractivity contribution is 7.22. The number of carboxylic acids is 1. The zero-order valence-electron chi connectivity index (χ0n) is 29.4. The van der Waals surface area contributed by atoms with Crippen molar-refractivity contribution in [3.05, 3.63) is 64.3 Å². The fourth-order valence-corrected chi connectivity index (χ4v) is 8.79. The molecule has 2 saturated heterocycles. The fourth-order valence-electron chi connectivity index (χ4n) is 7.57. The molecule has 50 heavy (non-hydrogen) atoms. The fraction of sp³-hybridized carbons (Fsp3) is 0.447. The summed E-state index contributed by atoms with van der Waals surface area (Å²) < 4.78 is 8.97. The number of piperidine rings is 1. The molecule has 1 amide bonds. The van der Waals surface area contributed by atoms with Gasteiger partial charge in [-0.05, 0) is 102 Å². The van der Waals surface area contributed by atoms with Gasteiger partial charge in [0.05, 0.1) is 32.7 Å². The Bertz CT molecular complexity index is 2090. The van der Waals surface area contributed by atoms with Crippen LogP contribution in [-0.2, 0) is 21.4 Å². The number of hydrogen-bond donors (Lipinski definition) is 1. The van der Waals surface area contributed by atoms with Gasteiger partial charge in [0.2, 0.25) is 5.91 Å². The molecule has 0 aliphatic carbocycles. The molecule has 10 nitrogen and oxygen atoms in total. The van der Waals surface area contributed by atoms with Gasteiger partial charge >= 0.3 is 5.97 Å². The minimum Gasteiger partial charge on any atom is -0.479 e. The Balaban J connectivity index is 1.26. The molecule has 1 N–H and O–H groups in total. The number of aliphatic carboxylic acids is 1.